The first-order valence-corrected chi connectivity index (χ1v) is 13.2. The number of nitrogens with zero attached hydrogens (tertiary/aromatic N) is 5. The first kappa shape index (κ1) is 28.5. The Bertz CT molecular complexity index is 1580. The zero-order valence-electron chi connectivity index (χ0n) is 22.2. The second kappa shape index (κ2) is 12.6. The number of carbonyl (C=O) groups excluding carboxylic acids is 1. The van der Waals surface area contributed by atoms with Crippen LogP contribution >= 0.6 is 11.6 Å². The van der Waals surface area contributed by atoms with Gasteiger partial charge in [0.15, 0.2) is 17.3 Å². The summed E-state index contributed by atoms with van der Waals surface area (Å²) in [5.74, 6) is 0.0650. The Balaban J connectivity index is 1.86. The number of rotatable bonds is 9. The van der Waals surface area contributed by atoms with Crippen LogP contribution in [0.2, 0.25) is 0 Å². The Morgan fingerprint density at radius 3 is 2.65 bits per heavy atom. The van der Waals surface area contributed by atoms with Crippen molar-refractivity contribution in [1.82, 2.24) is 19.7 Å². The molecule has 0 radical (unpaired) electrons. The highest BCUT2D eigenvalue weighted by molar-refractivity contribution is 6.17. The number of halogens is 1. The second-order valence-electron chi connectivity index (χ2n) is 9.18. The first-order valence-electron chi connectivity index (χ1n) is 12.6. The molecule has 0 saturated heterocycles. The molecule has 4 rings (SSSR count). The molecule has 0 bridgehead atoms. The monoisotopic (exact) mass is 565 g/mol. The van der Waals surface area contributed by atoms with Crippen LogP contribution in [0.1, 0.15) is 45.2 Å². The standard InChI is InChI=1S/C28H28ClN5O6/c1-4-5-11-39-28(38)34(27(36)37)26-25(23-13-21(32-40-23)19-8-6-7-18(12-19)14-29)31-22(15-30-26)20-9-10-24(35)33(16-20)17(2)3/h6-10,12-13,15-17H,4-5,11,14H2,1-3H3,(H,36,37). The highest BCUT2D eigenvalue weighted by Crippen LogP contribution is 2.33. The van der Waals surface area contributed by atoms with Gasteiger partial charge in [-0.2, -0.15) is 4.90 Å². The van der Waals surface area contributed by atoms with Crippen molar-refractivity contribution in [2.24, 2.45) is 0 Å². The van der Waals surface area contributed by atoms with E-state index in [1.54, 1.807) is 18.3 Å². The van der Waals surface area contributed by atoms with E-state index in [-0.39, 0.29) is 35.5 Å². The fourth-order valence-electron chi connectivity index (χ4n) is 3.87. The van der Waals surface area contributed by atoms with Crippen molar-refractivity contribution in [3.8, 4) is 34.0 Å². The van der Waals surface area contributed by atoms with E-state index in [4.69, 9.17) is 20.9 Å². The molecular weight excluding hydrogens is 538 g/mol. The Morgan fingerprint density at radius 2 is 1.95 bits per heavy atom. The molecular formula is C28H28ClN5O6. The molecule has 3 aromatic heterocycles. The zero-order valence-corrected chi connectivity index (χ0v) is 23.0. The lowest BCUT2D eigenvalue weighted by atomic mass is 10.1. The normalized spacial score (nSPS) is 11.0. The molecule has 0 atom stereocenters. The van der Waals surface area contributed by atoms with Crippen LogP contribution in [0.5, 0.6) is 0 Å². The van der Waals surface area contributed by atoms with E-state index in [1.807, 2.05) is 45.0 Å². The maximum Gasteiger partial charge on any atom is 0.425 e. The topological polar surface area (TPSA) is 141 Å². The second-order valence-corrected chi connectivity index (χ2v) is 9.45. The molecule has 0 aliphatic rings. The molecule has 3 heterocycles. The van der Waals surface area contributed by atoms with Crippen LogP contribution in [-0.2, 0) is 10.6 Å². The molecule has 0 fully saturated rings. The molecule has 1 aromatic carbocycles. The van der Waals surface area contributed by atoms with Gasteiger partial charge in [0, 0.05) is 41.4 Å². The van der Waals surface area contributed by atoms with E-state index in [9.17, 15) is 19.5 Å². The van der Waals surface area contributed by atoms with Crippen LogP contribution in [0.4, 0.5) is 15.4 Å². The van der Waals surface area contributed by atoms with Gasteiger partial charge >= 0.3 is 12.2 Å². The van der Waals surface area contributed by atoms with Gasteiger partial charge in [0.25, 0.3) is 5.56 Å². The number of amides is 2. The van der Waals surface area contributed by atoms with E-state index in [0.29, 0.717) is 34.2 Å². The quantitative estimate of drug-likeness (QED) is 0.181. The SMILES string of the molecule is CCCCOC(=O)N(C(=O)O)c1ncc(-c2ccc(=O)n(C(C)C)c2)nc1-c1cc(-c2cccc(CCl)c2)no1. The molecule has 4 aromatic rings. The van der Waals surface area contributed by atoms with Gasteiger partial charge in [-0.15, -0.1) is 11.6 Å². The average Bonchev–Trinajstić information content (AvgIpc) is 3.44. The molecule has 0 unspecified atom stereocenters. The van der Waals surface area contributed by atoms with Crippen LogP contribution in [0.15, 0.2) is 64.2 Å². The van der Waals surface area contributed by atoms with Crippen LogP contribution in [0, 0.1) is 0 Å². The molecule has 0 aliphatic carbocycles. The maximum absolute atomic E-state index is 12.8. The number of hydrogen-bond donors (Lipinski definition) is 1. The maximum atomic E-state index is 12.8. The number of aromatic nitrogens is 4. The van der Waals surface area contributed by atoms with Crippen molar-refractivity contribution in [3.63, 3.8) is 0 Å². The summed E-state index contributed by atoms with van der Waals surface area (Å²) >= 11 is 5.98. The van der Waals surface area contributed by atoms with Crippen LogP contribution in [-0.4, -0.2) is 43.6 Å². The molecule has 1 N–H and O–H groups in total. The van der Waals surface area contributed by atoms with Gasteiger partial charge in [-0.05, 0) is 38.0 Å². The number of unbranched alkanes of at least 4 members (excludes halogenated alkanes) is 1. The minimum absolute atomic E-state index is 0.0417. The van der Waals surface area contributed by atoms with Crippen molar-refractivity contribution < 1.29 is 24.0 Å². The number of carbonyl (C=O) groups is 2. The lowest BCUT2D eigenvalue weighted by Gasteiger charge is -2.18. The average molecular weight is 566 g/mol. The number of benzene rings is 1. The van der Waals surface area contributed by atoms with E-state index in [0.717, 1.165) is 17.5 Å². The first-order chi connectivity index (χ1) is 19.2. The Morgan fingerprint density at radius 1 is 1.15 bits per heavy atom. The predicted octanol–water partition coefficient (Wildman–Crippen LogP) is 6.37. The number of alkyl halides is 1. The van der Waals surface area contributed by atoms with E-state index < -0.39 is 12.2 Å². The van der Waals surface area contributed by atoms with E-state index in [2.05, 4.69) is 15.1 Å². The summed E-state index contributed by atoms with van der Waals surface area (Å²) in [5, 5.41) is 14.1. The van der Waals surface area contributed by atoms with Crippen LogP contribution in [0.25, 0.3) is 34.0 Å². The minimum Gasteiger partial charge on any atom is -0.464 e. The van der Waals surface area contributed by atoms with Crippen molar-refractivity contribution in [2.75, 3.05) is 11.5 Å². The fourth-order valence-corrected chi connectivity index (χ4v) is 4.04. The van der Waals surface area contributed by atoms with Gasteiger partial charge in [0.1, 0.15) is 5.69 Å². The Kier molecular flexibility index (Phi) is 8.95. The van der Waals surface area contributed by atoms with E-state index >= 15 is 0 Å². The molecule has 12 heteroatoms. The van der Waals surface area contributed by atoms with Gasteiger partial charge < -0.3 is 18.9 Å². The molecule has 0 spiro atoms. The van der Waals surface area contributed by atoms with Crippen LogP contribution in [0.3, 0.4) is 0 Å². The number of ether oxygens (including phenoxy) is 1. The zero-order chi connectivity index (χ0) is 28.8. The lowest BCUT2D eigenvalue weighted by molar-refractivity contribution is 0.147. The molecule has 0 aliphatic heterocycles. The predicted molar refractivity (Wildman–Crippen MR) is 149 cm³/mol. The third-order valence-corrected chi connectivity index (χ3v) is 6.28. The summed E-state index contributed by atoms with van der Waals surface area (Å²) < 4.78 is 12.3. The summed E-state index contributed by atoms with van der Waals surface area (Å²) in [5.41, 5.74) is 2.67. The minimum atomic E-state index is -1.60. The Hall–Kier alpha value is -4.51. The molecule has 0 saturated carbocycles. The summed E-state index contributed by atoms with van der Waals surface area (Å²) in [6.07, 6.45) is 1.55. The van der Waals surface area contributed by atoms with Gasteiger partial charge in [0.05, 0.1) is 18.5 Å². The Labute approximate surface area is 235 Å². The number of carboxylic acid groups (broad SMARTS) is 1. The lowest BCUT2D eigenvalue weighted by Crippen LogP contribution is -2.37. The van der Waals surface area contributed by atoms with Crippen molar-refractivity contribution >= 4 is 29.6 Å². The van der Waals surface area contributed by atoms with Gasteiger partial charge in [0.2, 0.25) is 0 Å². The number of pyridine rings is 1. The van der Waals surface area contributed by atoms with Crippen molar-refractivity contribution in [3.05, 3.63) is 70.8 Å². The molecule has 40 heavy (non-hydrogen) atoms. The summed E-state index contributed by atoms with van der Waals surface area (Å²) in [6, 6.07) is 11.8. The summed E-state index contributed by atoms with van der Waals surface area (Å²) in [6.45, 7) is 5.70. The molecule has 11 nitrogen and oxygen atoms in total. The smallest absolute Gasteiger partial charge is 0.425 e. The number of hydrogen-bond acceptors (Lipinski definition) is 8. The van der Waals surface area contributed by atoms with E-state index in [1.165, 1.54) is 16.8 Å². The third kappa shape index (κ3) is 6.20. The number of imide groups is 1. The highest BCUT2D eigenvalue weighted by Gasteiger charge is 2.31. The third-order valence-electron chi connectivity index (χ3n) is 5.97. The summed E-state index contributed by atoms with van der Waals surface area (Å²) in [4.78, 5) is 46.6. The number of anilines is 1. The molecule has 208 valence electrons. The van der Waals surface area contributed by atoms with Crippen LogP contribution < -0.4 is 10.5 Å². The van der Waals surface area contributed by atoms with Crippen molar-refractivity contribution in [2.45, 2.75) is 45.5 Å². The molecule has 2 amide bonds. The van der Waals surface area contributed by atoms with Gasteiger partial charge in [-0.3, -0.25) is 4.79 Å². The van der Waals surface area contributed by atoms with Crippen molar-refractivity contribution in [1.29, 1.82) is 0 Å². The fraction of sp³-hybridized carbons (Fsp3) is 0.286. The van der Waals surface area contributed by atoms with Gasteiger partial charge in [-0.25, -0.2) is 19.6 Å². The van der Waals surface area contributed by atoms with Gasteiger partial charge in [-0.1, -0.05) is 36.7 Å². The largest absolute Gasteiger partial charge is 0.464 e. The summed E-state index contributed by atoms with van der Waals surface area (Å²) in [7, 11) is 0. The highest BCUT2D eigenvalue weighted by atomic mass is 35.5.